The van der Waals surface area contributed by atoms with Crippen molar-refractivity contribution < 1.29 is 37.3 Å². The molecule has 2 saturated heterocycles. The molecule has 0 radical (unpaired) electrons. The van der Waals surface area contributed by atoms with Crippen molar-refractivity contribution >= 4 is 11.9 Å². The number of alkyl halides is 3. The normalized spacial score (nSPS) is 19.9. The average molecular weight is 418 g/mol. The summed E-state index contributed by atoms with van der Waals surface area (Å²) in [5.41, 5.74) is -0.114. The Morgan fingerprint density at radius 2 is 2.07 bits per heavy atom. The van der Waals surface area contributed by atoms with Crippen molar-refractivity contribution in [2.75, 3.05) is 26.3 Å². The molecule has 10 heteroatoms. The molecule has 3 rings (SSSR count). The van der Waals surface area contributed by atoms with Crippen LogP contribution >= 0.6 is 0 Å². The van der Waals surface area contributed by atoms with Crippen LogP contribution in [0.5, 0.6) is 5.88 Å². The zero-order valence-corrected chi connectivity index (χ0v) is 16.2. The van der Waals surface area contributed by atoms with Gasteiger partial charge in [-0.25, -0.2) is 9.78 Å². The Hall–Kier alpha value is -2.36. The minimum Gasteiger partial charge on any atom is -0.478 e. The average Bonchev–Trinajstić information content (AvgIpc) is 3.05. The van der Waals surface area contributed by atoms with Crippen LogP contribution in [0.4, 0.5) is 13.2 Å². The number of rotatable bonds is 6. The second-order valence-electron chi connectivity index (χ2n) is 7.01. The molecule has 2 fully saturated rings. The lowest BCUT2D eigenvalue weighted by Gasteiger charge is -2.50. The van der Waals surface area contributed by atoms with Gasteiger partial charge in [0.2, 0.25) is 11.8 Å². The quantitative estimate of drug-likeness (QED) is 0.764. The Morgan fingerprint density at radius 3 is 2.62 bits per heavy atom. The van der Waals surface area contributed by atoms with E-state index >= 15 is 0 Å². The number of carboxylic acids is 1. The van der Waals surface area contributed by atoms with E-state index in [0.29, 0.717) is 24.8 Å². The van der Waals surface area contributed by atoms with Crippen LogP contribution in [-0.4, -0.2) is 64.9 Å². The lowest BCUT2D eigenvalue weighted by atomic mass is 9.79. The van der Waals surface area contributed by atoms with E-state index in [0.717, 1.165) is 39.0 Å². The lowest BCUT2D eigenvalue weighted by Crippen LogP contribution is -2.66. The van der Waals surface area contributed by atoms with Gasteiger partial charge in [0, 0.05) is 25.3 Å². The Kier molecular flexibility index (Phi) is 7.83. The number of carbonyl (C=O) groups is 2. The highest BCUT2D eigenvalue weighted by molar-refractivity contribution is 5.77. The number of pyridine rings is 1. The summed E-state index contributed by atoms with van der Waals surface area (Å²) in [5, 5.41) is 7.12. The molecule has 29 heavy (non-hydrogen) atoms. The number of amides is 1. The first-order valence-corrected chi connectivity index (χ1v) is 9.43. The van der Waals surface area contributed by atoms with Gasteiger partial charge in [0.25, 0.3) is 0 Å². The minimum atomic E-state index is -5.08. The Labute approximate surface area is 166 Å². The molecule has 0 saturated carbocycles. The molecule has 1 unspecified atom stereocenters. The fraction of sp³-hybridized carbons (Fsp3) is 0.632. The third-order valence-corrected chi connectivity index (χ3v) is 4.93. The van der Waals surface area contributed by atoms with E-state index in [4.69, 9.17) is 19.4 Å². The van der Waals surface area contributed by atoms with Crippen molar-refractivity contribution in [2.24, 2.45) is 5.92 Å². The molecule has 162 valence electrons. The fourth-order valence-corrected chi connectivity index (χ4v) is 3.43. The highest BCUT2D eigenvalue weighted by Crippen LogP contribution is 2.41. The first-order chi connectivity index (χ1) is 13.7. The van der Waals surface area contributed by atoms with Crippen molar-refractivity contribution in [2.45, 2.75) is 44.4 Å². The van der Waals surface area contributed by atoms with E-state index in [1.54, 1.807) is 6.20 Å². The molecule has 1 spiro atoms. The van der Waals surface area contributed by atoms with Crippen LogP contribution in [0.1, 0.15) is 32.6 Å². The van der Waals surface area contributed by atoms with Crippen molar-refractivity contribution in [3.63, 3.8) is 0 Å². The maximum absolute atomic E-state index is 11.9. The molecule has 1 aromatic heterocycles. The molecule has 2 aliphatic rings. The molecule has 1 atom stereocenters. The number of carbonyl (C=O) groups excluding carboxylic acids is 1. The van der Waals surface area contributed by atoms with Crippen molar-refractivity contribution in [1.29, 1.82) is 0 Å². The number of likely N-dealkylation sites (tertiary alicyclic amines) is 1. The van der Waals surface area contributed by atoms with Gasteiger partial charge in [0.05, 0.1) is 19.7 Å². The molecular formula is C19H25F3N2O5. The maximum Gasteiger partial charge on any atom is 0.490 e. The number of nitrogens with zero attached hydrogens (tertiary/aromatic N) is 2. The fourth-order valence-electron chi connectivity index (χ4n) is 3.43. The number of ether oxygens (including phenoxy) is 2. The Morgan fingerprint density at radius 1 is 1.38 bits per heavy atom. The molecule has 0 bridgehead atoms. The predicted molar refractivity (Wildman–Crippen MR) is 96.3 cm³/mol. The number of carboxylic acid groups (broad SMARTS) is 1. The van der Waals surface area contributed by atoms with Crippen molar-refractivity contribution in [1.82, 2.24) is 9.88 Å². The summed E-state index contributed by atoms with van der Waals surface area (Å²) in [7, 11) is 0. The van der Waals surface area contributed by atoms with E-state index in [2.05, 4.69) is 4.98 Å². The van der Waals surface area contributed by atoms with Gasteiger partial charge in [0.15, 0.2) is 0 Å². The molecule has 1 amide bonds. The summed E-state index contributed by atoms with van der Waals surface area (Å²) in [6, 6.07) is 5.67. The number of hydrogen-bond donors (Lipinski definition) is 1. The van der Waals surface area contributed by atoms with E-state index in [-0.39, 0.29) is 11.5 Å². The van der Waals surface area contributed by atoms with Crippen molar-refractivity contribution in [3.8, 4) is 5.88 Å². The van der Waals surface area contributed by atoms with Crippen LogP contribution in [0.25, 0.3) is 0 Å². The summed E-state index contributed by atoms with van der Waals surface area (Å²) >= 11 is 0. The number of halogens is 3. The Bertz CT molecular complexity index is 678. The van der Waals surface area contributed by atoms with Gasteiger partial charge < -0.3 is 19.5 Å². The zero-order valence-electron chi connectivity index (χ0n) is 16.2. The van der Waals surface area contributed by atoms with Crippen LogP contribution in [0.15, 0.2) is 24.4 Å². The molecular weight excluding hydrogens is 393 g/mol. The van der Waals surface area contributed by atoms with E-state index < -0.39 is 12.1 Å². The molecule has 1 N–H and O–H groups in total. The third kappa shape index (κ3) is 6.31. The first-order valence-electron chi connectivity index (χ1n) is 9.43. The van der Waals surface area contributed by atoms with E-state index in [1.165, 1.54) is 0 Å². The lowest BCUT2D eigenvalue weighted by molar-refractivity contribution is -0.192. The van der Waals surface area contributed by atoms with E-state index in [9.17, 15) is 18.0 Å². The molecule has 0 aliphatic carbocycles. The van der Waals surface area contributed by atoms with Crippen LogP contribution < -0.4 is 4.74 Å². The molecule has 1 aromatic rings. The number of hydrogen-bond acceptors (Lipinski definition) is 5. The SMILES string of the molecule is CCCC(=O)N1CC2(C1)OCCC2CCOc1ccccn1.O=C(O)C(F)(F)F. The van der Waals surface area contributed by atoms with Crippen LogP contribution in [-0.2, 0) is 14.3 Å². The van der Waals surface area contributed by atoms with Crippen LogP contribution in [0, 0.1) is 5.92 Å². The molecule has 0 aromatic carbocycles. The van der Waals surface area contributed by atoms with Gasteiger partial charge in [-0.3, -0.25) is 4.79 Å². The van der Waals surface area contributed by atoms with Gasteiger partial charge in [-0.2, -0.15) is 13.2 Å². The largest absolute Gasteiger partial charge is 0.490 e. The van der Waals surface area contributed by atoms with Gasteiger partial charge in [-0.05, 0) is 31.2 Å². The molecule has 7 nitrogen and oxygen atoms in total. The van der Waals surface area contributed by atoms with Gasteiger partial charge in [0.1, 0.15) is 5.60 Å². The molecule has 2 aliphatic heterocycles. The van der Waals surface area contributed by atoms with Gasteiger partial charge in [-0.15, -0.1) is 0 Å². The third-order valence-electron chi connectivity index (χ3n) is 4.93. The Balaban J connectivity index is 0.000000370. The maximum atomic E-state index is 11.9. The van der Waals surface area contributed by atoms with Crippen molar-refractivity contribution in [3.05, 3.63) is 24.4 Å². The van der Waals surface area contributed by atoms with E-state index in [1.807, 2.05) is 30.0 Å². The monoisotopic (exact) mass is 418 g/mol. The number of aromatic nitrogens is 1. The van der Waals surface area contributed by atoms with Crippen LogP contribution in [0.3, 0.4) is 0 Å². The second kappa shape index (κ2) is 9.91. The highest BCUT2D eigenvalue weighted by Gasteiger charge is 2.53. The van der Waals surface area contributed by atoms with Crippen LogP contribution in [0.2, 0.25) is 0 Å². The highest BCUT2D eigenvalue weighted by atomic mass is 19.4. The summed E-state index contributed by atoms with van der Waals surface area (Å²) in [6.45, 7) is 4.98. The summed E-state index contributed by atoms with van der Waals surface area (Å²) in [5.74, 6) is -1.36. The van der Waals surface area contributed by atoms with Gasteiger partial charge in [-0.1, -0.05) is 13.0 Å². The predicted octanol–water partition coefficient (Wildman–Crippen LogP) is 2.90. The number of aliphatic carboxylic acids is 1. The molecule has 3 heterocycles. The first kappa shape index (κ1) is 22.9. The second-order valence-corrected chi connectivity index (χ2v) is 7.01. The topological polar surface area (TPSA) is 89.0 Å². The minimum absolute atomic E-state index is 0.114. The smallest absolute Gasteiger partial charge is 0.478 e. The summed E-state index contributed by atoms with van der Waals surface area (Å²) in [4.78, 5) is 26.9. The summed E-state index contributed by atoms with van der Waals surface area (Å²) in [6.07, 6.45) is 0.209. The van der Waals surface area contributed by atoms with Gasteiger partial charge >= 0.3 is 12.1 Å². The standard InChI is InChI=1S/C17H24N2O3.C2HF3O2/c1-2-5-16(20)19-12-17(13-19)14(8-11-22-17)7-10-21-15-6-3-4-9-18-15;3-2(4,5)1(6)7/h3-4,6,9,14H,2,5,7-8,10-13H2,1H3;(H,6,7). The zero-order chi connectivity index (χ0) is 21.5. The summed E-state index contributed by atoms with van der Waals surface area (Å²) < 4.78 is 43.4.